The number of aryl methyl sites for hydroxylation is 1. The summed E-state index contributed by atoms with van der Waals surface area (Å²) in [4.78, 5) is 12.9. The van der Waals surface area contributed by atoms with E-state index in [-0.39, 0.29) is 23.8 Å². The summed E-state index contributed by atoms with van der Waals surface area (Å²) >= 11 is 0. The highest BCUT2D eigenvalue weighted by atomic mass is 32.2. The van der Waals surface area contributed by atoms with Crippen molar-refractivity contribution in [1.29, 1.82) is 0 Å². The van der Waals surface area contributed by atoms with Crippen LogP contribution in [0.1, 0.15) is 29.7 Å². The monoisotopic (exact) mass is 440 g/mol. The number of nitrogens with zero attached hydrogens (tertiary/aromatic N) is 1. The van der Waals surface area contributed by atoms with Crippen LogP contribution in [0.15, 0.2) is 83.8 Å². The molecule has 3 aromatic carbocycles. The number of sulfonamides is 1. The lowest BCUT2D eigenvalue weighted by Gasteiger charge is -2.23. The first-order valence-electron chi connectivity index (χ1n) is 9.91. The Hall–Kier alpha value is -3.03. The highest BCUT2D eigenvalue weighted by Gasteiger charge is 2.27. The van der Waals surface area contributed by atoms with Gasteiger partial charge in [-0.2, -0.15) is 4.31 Å². The lowest BCUT2D eigenvalue weighted by Crippen LogP contribution is -2.41. The van der Waals surface area contributed by atoms with Crippen LogP contribution in [-0.2, 0) is 21.4 Å². The predicted octanol–water partition coefficient (Wildman–Crippen LogP) is 4.20. The van der Waals surface area contributed by atoms with Crippen molar-refractivity contribution >= 4 is 15.9 Å². The zero-order chi connectivity index (χ0) is 22.4. The minimum atomic E-state index is -3.89. The molecule has 0 radical (unpaired) electrons. The summed E-state index contributed by atoms with van der Waals surface area (Å²) in [5.74, 6) is -0.802. The van der Waals surface area contributed by atoms with E-state index < -0.39 is 22.0 Å². The lowest BCUT2D eigenvalue weighted by molar-refractivity contribution is -0.122. The molecule has 0 unspecified atom stereocenters. The SMILES string of the molecule is Cc1ccc(S(=O)(=O)N(CC(=O)N[C@H](C)c2ccc(F)cc2)Cc2ccccc2)cc1. The van der Waals surface area contributed by atoms with Gasteiger partial charge in [-0.3, -0.25) is 4.79 Å². The molecule has 0 fully saturated rings. The van der Waals surface area contributed by atoms with Crippen LogP contribution in [0.2, 0.25) is 0 Å². The maximum atomic E-state index is 13.3. The molecule has 0 aliphatic heterocycles. The Kier molecular flexibility index (Phi) is 7.20. The van der Waals surface area contributed by atoms with Gasteiger partial charge >= 0.3 is 0 Å². The van der Waals surface area contributed by atoms with E-state index in [1.165, 1.54) is 16.4 Å². The Morgan fingerprint density at radius 3 is 2.19 bits per heavy atom. The number of hydrogen-bond donors (Lipinski definition) is 1. The first-order chi connectivity index (χ1) is 14.8. The van der Waals surface area contributed by atoms with Crippen molar-refractivity contribution in [3.05, 3.63) is 101 Å². The summed E-state index contributed by atoms with van der Waals surface area (Å²) in [6, 6.07) is 21.1. The van der Waals surface area contributed by atoms with Gasteiger partial charge in [-0.1, -0.05) is 60.2 Å². The number of amides is 1. The Labute approximate surface area is 182 Å². The molecular weight excluding hydrogens is 415 g/mol. The van der Waals surface area contributed by atoms with E-state index in [4.69, 9.17) is 0 Å². The van der Waals surface area contributed by atoms with Gasteiger partial charge in [-0.15, -0.1) is 0 Å². The molecule has 5 nitrogen and oxygen atoms in total. The van der Waals surface area contributed by atoms with Crippen LogP contribution in [0.3, 0.4) is 0 Å². The maximum Gasteiger partial charge on any atom is 0.243 e. The molecule has 0 heterocycles. The number of carbonyl (C=O) groups is 1. The van der Waals surface area contributed by atoms with E-state index in [0.29, 0.717) is 0 Å². The topological polar surface area (TPSA) is 66.5 Å². The maximum absolute atomic E-state index is 13.3. The van der Waals surface area contributed by atoms with E-state index in [0.717, 1.165) is 16.7 Å². The van der Waals surface area contributed by atoms with Gasteiger partial charge in [0, 0.05) is 6.54 Å². The van der Waals surface area contributed by atoms with E-state index in [9.17, 15) is 17.6 Å². The van der Waals surface area contributed by atoms with Crippen LogP contribution in [0.5, 0.6) is 0 Å². The Morgan fingerprint density at radius 2 is 1.58 bits per heavy atom. The Bertz CT molecular complexity index is 1120. The fourth-order valence-electron chi connectivity index (χ4n) is 3.15. The van der Waals surface area contributed by atoms with E-state index in [1.54, 1.807) is 43.3 Å². The lowest BCUT2D eigenvalue weighted by atomic mass is 10.1. The average molecular weight is 441 g/mol. The van der Waals surface area contributed by atoms with Gasteiger partial charge < -0.3 is 5.32 Å². The van der Waals surface area contributed by atoms with Crippen LogP contribution in [0.25, 0.3) is 0 Å². The summed E-state index contributed by atoms with van der Waals surface area (Å²) in [7, 11) is -3.89. The third-order valence-corrected chi connectivity index (χ3v) is 6.73. The van der Waals surface area contributed by atoms with E-state index in [2.05, 4.69) is 5.32 Å². The second kappa shape index (κ2) is 9.85. The number of halogens is 1. The first kappa shape index (κ1) is 22.7. The average Bonchev–Trinajstić information content (AvgIpc) is 2.74. The van der Waals surface area contributed by atoms with Crippen molar-refractivity contribution in [1.82, 2.24) is 9.62 Å². The molecular formula is C24H25FN2O3S. The molecule has 0 aliphatic carbocycles. The van der Waals surface area contributed by atoms with Crippen LogP contribution >= 0.6 is 0 Å². The molecule has 0 aromatic heterocycles. The van der Waals surface area contributed by atoms with Crippen molar-refractivity contribution in [2.24, 2.45) is 0 Å². The number of carbonyl (C=O) groups excluding carboxylic acids is 1. The fraction of sp³-hybridized carbons (Fsp3) is 0.208. The van der Waals surface area contributed by atoms with Crippen molar-refractivity contribution in [3.63, 3.8) is 0 Å². The van der Waals surface area contributed by atoms with Crippen molar-refractivity contribution < 1.29 is 17.6 Å². The van der Waals surface area contributed by atoms with Gasteiger partial charge in [0.2, 0.25) is 15.9 Å². The second-order valence-corrected chi connectivity index (χ2v) is 9.35. The number of nitrogens with one attached hydrogen (secondary N) is 1. The number of benzene rings is 3. The van der Waals surface area contributed by atoms with Gasteiger partial charge in [0.15, 0.2) is 0 Å². The molecule has 7 heteroatoms. The van der Waals surface area contributed by atoms with Gasteiger partial charge in [-0.25, -0.2) is 12.8 Å². The molecule has 0 bridgehead atoms. The van der Waals surface area contributed by atoms with Crippen LogP contribution in [0, 0.1) is 12.7 Å². The minimum absolute atomic E-state index is 0.0649. The molecule has 0 spiro atoms. The third kappa shape index (κ3) is 5.99. The molecule has 0 aliphatic rings. The summed E-state index contributed by atoms with van der Waals surface area (Å²) in [6.45, 7) is 3.37. The van der Waals surface area contributed by atoms with Crippen LogP contribution in [0.4, 0.5) is 4.39 Å². The molecule has 162 valence electrons. The van der Waals surface area contributed by atoms with Crippen LogP contribution in [-0.4, -0.2) is 25.2 Å². The smallest absolute Gasteiger partial charge is 0.243 e. The highest BCUT2D eigenvalue weighted by molar-refractivity contribution is 7.89. The van der Waals surface area contributed by atoms with Gasteiger partial charge in [0.25, 0.3) is 0 Å². The molecule has 1 N–H and O–H groups in total. The molecule has 3 aromatic rings. The molecule has 3 rings (SSSR count). The second-order valence-electron chi connectivity index (χ2n) is 7.41. The first-order valence-corrected chi connectivity index (χ1v) is 11.4. The summed E-state index contributed by atoms with van der Waals surface area (Å²) in [5, 5.41) is 2.80. The summed E-state index contributed by atoms with van der Waals surface area (Å²) in [5.41, 5.74) is 2.45. The zero-order valence-corrected chi connectivity index (χ0v) is 18.3. The standard InChI is InChI=1S/C24H25FN2O3S/c1-18-8-14-23(15-9-18)31(29,30)27(16-20-6-4-3-5-7-20)17-24(28)26-19(2)21-10-12-22(25)13-11-21/h3-15,19H,16-17H2,1-2H3,(H,26,28)/t19-/m1/s1. The predicted molar refractivity (Wildman–Crippen MR) is 118 cm³/mol. The summed E-state index contributed by atoms with van der Waals surface area (Å²) < 4.78 is 40.9. The van der Waals surface area contributed by atoms with Crippen LogP contribution < -0.4 is 5.32 Å². The van der Waals surface area contributed by atoms with E-state index in [1.807, 2.05) is 37.3 Å². The highest BCUT2D eigenvalue weighted by Crippen LogP contribution is 2.20. The van der Waals surface area contributed by atoms with Gasteiger partial charge in [0.05, 0.1) is 17.5 Å². The minimum Gasteiger partial charge on any atom is -0.348 e. The molecule has 0 saturated heterocycles. The summed E-state index contributed by atoms with van der Waals surface area (Å²) in [6.07, 6.45) is 0. The van der Waals surface area contributed by atoms with Crippen molar-refractivity contribution in [2.45, 2.75) is 31.3 Å². The Balaban J connectivity index is 1.81. The third-order valence-electron chi connectivity index (χ3n) is 4.93. The quantitative estimate of drug-likeness (QED) is 0.571. The molecule has 31 heavy (non-hydrogen) atoms. The van der Waals surface area contributed by atoms with E-state index >= 15 is 0 Å². The molecule has 1 atom stereocenters. The molecule has 1 amide bonds. The number of hydrogen-bond acceptors (Lipinski definition) is 3. The number of rotatable bonds is 8. The normalized spacial score (nSPS) is 12.5. The van der Waals surface area contributed by atoms with Gasteiger partial charge in [0.1, 0.15) is 5.82 Å². The van der Waals surface area contributed by atoms with Gasteiger partial charge in [-0.05, 0) is 49.2 Å². The Morgan fingerprint density at radius 1 is 0.968 bits per heavy atom. The van der Waals surface area contributed by atoms with Crippen molar-refractivity contribution in [2.75, 3.05) is 6.54 Å². The van der Waals surface area contributed by atoms with Crippen molar-refractivity contribution in [3.8, 4) is 0 Å². The largest absolute Gasteiger partial charge is 0.348 e. The zero-order valence-electron chi connectivity index (χ0n) is 17.5. The molecule has 0 saturated carbocycles. The fourth-order valence-corrected chi connectivity index (χ4v) is 4.54.